The number of hydrogen-bond donors (Lipinski definition) is 1. The number of ether oxygens (including phenoxy) is 1. The number of nitrogens with zero attached hydrogens (tertiary/aromatic N) is 2. The Kier molecular flexibility index (Phi) is 4.93. The lowest BCUT2D eigenvalue weighted by Crippen LogP contribution is -2.60. The molecule has 7 nitrogen and oxygen atoms in total. The molecule has 0 radical (unpaired) electrons. The maximum Gasteiger partial charge on any atom is 0.496 e. The number of anilines is 1. The Morgan fingerprint density at radius 2 is 1.81 bits per heavy atom. The molecule has 3 heterocycles. The van der Waals surface area contributed by atoms with Crippen LogP contribution < -0.4 is 15.7 Å². The third kappa shape index (κ3) is 4.38. The molecule has 148 valence electrons. The zero-order valence-electron chi connectivity index (χ0n) is 17.3. The molecule has 0 aliphatic carbocycles. The lowest BCUT2D eigenvalue weighted by atomic mass is 9.80. The van der Waals surface area contributed by atoms with Crippen LogP contribution in [0.2, 0.25) is 0 Å². The van der Waals surface area contributed by atoms with E-state index in [1.54, 1.807) is 6.20 Å². The van der Waals surface area contributed by atoms with Crippen LogP contribution in [0, 0.1) is 0 Å². The maximum absolute atomic E-state index is 11.8. The van der Waals surface area contributed by atoms with Gasteiger partial charge in [0.2, 0.25) is 0 Å². The fourth-order valence-corrected chi connectivity index (χ4v) is 2.93. The summed E-state index contributed by atoms with van der Waals surface area (Å²) in [6.45, 7) is 15.1. The van der Waals surface area contributed by atoms with Crippen LogP contribution in [0.15, 0.2) is 18.3 Å². The van der Waals surface area contributed by atoms with E-state index < -0.39 is 12.7 Å². The first-order valence-corrected chi connectivity index (χ1v) is 9.42. The predicted octanol–water partition coefficient (Wildman–Crippen LogP) is 2.09. The largest absolute Gasteiger partial charge is 0.496 e. The van der Waals surface area contributed by atoms with Crippen molar-refractivity contribution in [2.24, 2.45) is 0 Å². The van der Waals surface area contributed by atoms with E-state index in [1.807, 2.05) is 60.6 Å². The average molecular weight is 375 g/mol. The van der Waals surface area contributed by atoms with Gasteiger partial charge in [0.05, 0.1) is 17.2 Å². The molecule has 0 atom stereocenters. The van der Waals surface area contributed by atoms with Gasteiger partial charge in [-0.1, -0.05) is 6.07 Å². The minimum Gasteiger partial charge on any atom is -0.444 e. The Morgan fingerprint density at radius 1 is 1.22 bits per heavy atom. The Balaban J connectivity index is 1.52. The van der Waals surface area contributed by atoms with Crippen LogP contribution in [0.3, 0.4) is 0 Å². The van der Waals surface area contributed by atoms with Crippen molar-refractivity contribution >= 4 is 24.5 Å². The number of carbonyl (C=O) groups excluding carboxylic acids is 1. The Bertz CT molecular complexity index is 678. The van der Waals surface area contributed by atoms with Gasteiger partial charge in [-0.3, -0.25) is 0 Å². The van der Waals surface area contributed by atoms with Gasteiger partial charge in [-0.25, -0.2) is 9.78 Å². The van der Waals surface area contributed by atoms with Crippen LogP contribution in [0.1, 0.15) is 48.5 Å². The van der Waals surface area contributed by atoms with Gasteiger partial charge in [0.25, 0.3) is 0 Å². The lowest BCUT2D eigenvalue weighted by molar-refractivity contribution is 0.00578. The molecule has 1 amide bonds. The second-order valence-electron chi connectivity index (χ2n) is 9.29. The minimum atomic E-state index is -0.488. The Labute approximate surface area is 161 Å². The van der Waals surface area contributed by atoms with E-state index in [2.05, 4.69) is 15.2 Å². The first-order chi connectivity index (χ1) is 12.4. The zero-order valence-corrected chi connectivity index (χ0v) is 17.3. The van der Waals surface area contributed by atoms with E-state index in [0.29, 0.717) is 13.1 Å². The minimum absolute atomic E-state index is 0.0735. The van der Waals surface area contributed by atoms with Crippen molar-refractivity contribution in [3.8, 4) is 0 Å². The molecule has 2 aliphatic rings. The number of amides is 1. The fourth-order valence-electron chi connectivity index (χ4n) is 2.93. The van der Waals surface area contributed by atoms with Gasteiger partial charge in [0.15, 0.2) is 0 Å². The topological polar surface area (TPSA) is 72.9 Å². The van der Waals surface area contributed by atoms with Crippen molar-refractivity contribution in [3.63, 3.8) is 0 Å². The van der Waals surface area contributed by atoms with Crippen molar-refractivity contribution in [1.29, 1.82) is 0 Å². The molecule has 0 spiro atoms. The van der Waals surface area contributed by atoms with Crippen molar-refractivity contribution in [2.45, 2.75) is 71.3 Å². The molecule has 0 unspecified atom stereocenters. The summed E-state index contributed by atoms with van der Waals surface area (Å²) in [6, 6.07) is 4.02. The molecular weight excluding hydrogens is 345 g/mol. The van der Waals surface area contributed by atoms with Gasteiger partial charge in [-0.05, 0) is 54.5 Å². The first kappa shape index (κ1) is 20.0. The molecule has 2 saturated heterocycles. The molecule has 2 aliphatic heterocycles. The molecule has 27 heavy (non-hydrogen) atoms. The summed E-state index contributed by atoms with van der Waals surface area (Å²) in [4.78, 5) is 18.4. The molecule has 2 fully saturated rings. The number of carbonyl (C=O) groups is 1. The molecule has 0 aromatic carbocycles. The summed E-state index contributed by atoms with van der Waals surface area (Å²) in [5, 5.41) is 2.88. The lowest BCUT2D eigenvalue weighted by Gasteiger charge is -2.40. The monoisotopic (exact) mass is 375 g/mol. The van der Waals surface area contributed by atoms with Gasteiger partial charge in [0, 0.05) is 24.7 Å². The molecule has 3 rings (SSSR count). The summed E-state index contributed by atoms with van der Waals surface area (Å²) in [6.07, 6.45) is 1.42. The third-order valence-corrected chi connectivity index (χ3v) is 5.22. The zero-order chi connectivity index (χ0) is 20.0. The number of alkyl carbamates (subject to hydrolysis) is 1. The smallest absolute Gasteiger partial charge is 0.444 e. The second-order valence-corrected chi connectivity index (χ2v) is 9.29. The Morgan fingerprint density at radius 3 is 2.30 bits per heavy atom. The number of nitrogens with one attached hydrogen (secondary N) is 1. The standard InChI is InChI=1S/C19H30BN3O4/c1-17(2,3)25-16(24)22-14-11-23(12-14)15-9-8-13(10-21-15)20-26-18(4,5)19(6,7)27-20/h8-10,14H,11-12H2,1-7H3,(H,22,24). The van der Waals surface area contributed by atoms with E-state index in [1.165, 1.54) is 0 Å². The van der Waals surface area contributed by atoms with Crippen LogP contribution in [0.5, 0.6) is 0 Å². The number of rotatable bonds is 3. The van der Waals surface area contributed by atoms with Gasteiger partial charge >= 0.3 is 13.2 Å². The van der Waals surface area contributed by atoms with Gasteiger partial charge in [0.1, 0.15) is 11.4 Å². The number of aromatic nitrogens is 1. The molecule has 1 aromatic heterocycles. The maximum atomic E-state index is 11.8. The molecule has 0 bridgehead atoms. The summed E-state index contributed by atoms with van der Waals surface area (Å²) in [5.74, 6) is 0.873. The molecular formula is C19H30BN3O4. The normalized spacial score (nSPS) is 21.7. The highest BCUT2D eigenvalue weighted by atomic mass is 16.7. The molecule has 8 heteroatoms. The van der Waals surface area contributed by atoms with E-state index >= 15 is 0 Å². The summed E-state index contributed by atoms with van der Waals surface area (Å²) in [5.41, 5.74) is -0.317. The highest BCUT2D eigenvalue weighted by Crippen LogP contribution is 2.36. The highest BCUT2D eigenvalue weighted by molar-refractivity contribution is 6.62. The average Bonchev–Trinajstić information content (AvgIpc) is 2.69. The number of hydrogen-bond acceptors (Lipinski definition) is 6. The molecule has 0 saturated carbocycles. The molecule has 1 aromatic rings. The first-order valence-electron chi connectivity index (χ1n) is 9.42. The predicted molar refractivity (Wildman–Crippen MR) is 105 cm³/mol. The fraction of sp³-hybridized carbons (Fsp3) is 0.684. The summed E-state index contributed by atoms with van der Waals surface area (Å²) < 4.78 is 17.4. The van der Waals surface area contributed by atoms with Crippen molar-refractivity contribution in [3.05, 3.63) is 18.3 Å². The van der Waals surface area contributed by atoms with Crippen LogP contribution >= 0.6 is 0 Å². The van der Waals surface area contributed by atoms with Crippen molar-refractivity contribution < 1.29 is 18.8 Å². The van der Waals surface area contributed by atoms with Crippen LogP contribution in [-0.4, -0.2) is 54.1 Å². The van der Waals surface area contributed by atoms with Crippen LogP contribution in [-0.2, 0) is 14.0 Å². The van der Waals surface area contributed by atoms with E-state index in [9.17, 15) is 4.79 Å². The molecule has 1 N–H and O–H groups in total. The Hall–Kier alpha value is -1.80. The van der Waals surface area contributed by atoms with Gasteiger partial charge in [-0.15, -0.1) is 0 Å². The van der Waals surface area contributed by atoms with E-state index in [-0.39, 0.29) is 23.3 Å². The van der Waals surface area contributed by atoms with Gasteiger partial charge in [-0.2, -0.15) is 0 Å². The van der Waals surface area contributed by atoms with E-state index in [4.69, 9.17) is 14.0 Å². The van der Waals surface area contributed by atoms with Crippen molar-refractivity contribution in [2.75, 3.05) is 18.0 Å². The van der Waals surface area contributed by atoms with E-state index in [0.717, 1.165) is 11.3 Å². The van der Waals surface area contributed by atoms with Crippen molar-refractivity contribution in [1.82, 2.24) is 10.3 Å². The summed E-state index contributed by atoms with van der Waals surface area (Å²) in [7, 11) is -0.408. The third-order valence-electron chi connectivity index (χ3n) is 5.22. The second kappa shape index (κ2) is 6.67. The summed E-state index contributed by atoms with van der Waals surface area (Å²) >= 11 is 0. The van der Waals surface area contributed by atoms with Gasteiger partial charge < -0.3 is 24.3 Å². The number of pyridine rings is 1. The van der Waals surface area contributed by atoms with Crippen LogP contribution in [0.4, 0.5) is 10.6 Å². The quantitative estimate of drug-likeness (QED) is 0.816. The SMILES string of the molecule is CC(C)(C)OC(=O)NC1CN(c2ccc(B3OC(C)(C)C(C)(C)O3)cn2)C1. The van der Waals surface area contributed by atoms with Crippen LogP contribution in [0.25, 0.3) is 0 Å². The highest BCUT2D eigenvalue weighted by Gasteiger charge is 2.51.